The number of aliphatic hydroxyl groups is 3. The van der Waals surface area contributed by atoms with Crippen LogP contribution >= 0.6 is 86.6 Å². The highest BCUT2D eigenvalue weighted by molar-refractivity contribution is 8.44. The first-order chi connectivity index (χ1) is 65.7. The zero-order chi connectivity index (χ0) is 98.8. The van der Waals surface area contributed by atoms with Crippen LogP contribution in [0.4, 0.5) is 44.1 Å². The second kappa shape index (κ2) is 38.3. The van der Waals surface area contributed by atoms with Crippen molar-refractivity contribution in [2.24, 2.45) is 0 Å². The van der Waals surface area contributed by atoms with Gasteiger partial charge in [0.25, 0.3) is 16.7 Å². The third-order valence-electron chi connectivity index (χ3n) is 22.2. The van der Waals surface area contributed by atoms with E-state index in [4.69, 9.17) is 181 Å². The molecule has 21 heterocycles. The van der Waals surface area contributed by atoms with Crippen LogP contribution in [-0.4, -0.2) is 299 Å². The topological polar surface area (TPSA) is 844 Å². The first-order valence-electron chi connectivity index (χ1n) is 39.5. The highest BCUT2D eigenvalue weighted by Gasteiger charge is 2.59. The number of alkyl halides is 2. The number of nitrogens with one attached hydrogen (secondary N) is 3. The Balaban J connectivity index is 0.000000133. The van der Waals surface area contributed by atoms with Gasteiger partial charge in [0.1, 0.15) is 147 Å². The number of methoxy groups -OCH3 is 1. The Kier molecular flexibility index (Phi) is 27.7. The van der Waals surface area contributed by atoms with E-state index in [0.717, 1.165) is 26.4 Å². The lowest BCUT2D eigenvalue weighted by molar-refractivity contribution is -0.0610. The molecule has 139 heavy (non-hydrogen) atoms. The summed E-state index contributed by atoms with van der Waals surface area (Å²) >= 11 is 31.7. The van der Waals surface area contributed by atoms with Crippen LogP contribution in [0.1, 0.15) is 37.4 Å². The molecule has 0 spiro atoms. The van der Waals surface area contributed by atoms with Crippen LogP contribution in [0.3, 0.4) is 0 Å². The minimum atomic E-state index is -4.43. The molecule has 23 N–H and O–H groups in total. The van der Waals surface area contributed by atoms with Gasteiger partial charge in [-0.1, -0.05) is 46.3 Å². The van der Waals surface area contributed by atoms with Gasteiger partial charge >= 0.3 is 55.0 Å². The highest BCUT2D eigenvalue weighted by Crippen LogP contribution is 2.61. The Hall–Kier alpha value is -7.23. The van der Waals surface area contributed by atoms with Crippen LogP contribution in [0, 0.1) is 0 Å². The van der Waals surface area contributed by atoms with Gasteiger partial charge in [0, 0.05) is 7.11 Å². The summed E-state index contributed by atoms with van der Waals surface area (Å²) in [6.07, 6.45) is -28.7. The van der Waals surface area contributed by atoms with Crippen LogP contribution in [0.2, 0.25) is 0 Å². The number of nitrogens with zero attached hydrogens (tertiary/aromatic N) is 18. The highest BCUT2D eigenvalue weighted by atomic mass is 32.7. The van der Waals surface area contributed by atoms with Gasteiger partial charge in [-0.05, 0) is 59.0 Å². The van der Waals surface area contributed by atoms with Gasteiger partial charge in [-0.25, -0.2) is 58.2 Å². The van der Waals surface area contributed by atoms with E-state index < -0.39 is 259 Å². The number of fused-ring (bicyclic) bond motifs is 15. The van der Waals surface area contributed by atoms with E-state index in [2.05, 4.69) is 87.0 Å². The van der Waals surface area contributed by atoms with Crippen LogP contribution < -0.4 is 65.7 Å². The van der Waals surface area contributed by atoms with E-state index in [-0.39, 0.29) is 99.8 Å². The summed E-state index contributed by atoms with van der Waals surface area (Å²) in [5.41, 5.74) is 33.2. The van der Waals surface area contributed by atoms with Gasteiger partial charge in [0.2, 0.25) is 17.8 Å². The van der Waals surface area contributed by atoms with Crippen LogP contribution in [0.5, 0.6) is 0 Å². The summed E-state index contributed by atoms with van der Waals surface area (Å²) in [4.78, 5) is 185. The summed E-state index contributed by atoms with van der Waals surface area (Å²) in [7, 11) is 1.27. The number of hydrogen-bond donors (Lipinski definition) is 18. The molecule has 0 aromatic carbocycles. The lowest BCUT2D eigenvalue weighted by atomic mass is 10.1. The summed E-state index contributed by atoms with van der Waals surface area (Å²) < 4.78 is 160. The van der Waals surface area contributed by atoms with Crippen molar-refractivity contribution < 1.29 is 141 Å². The van der Waals surface area contributed by atoms with Crippen molar-refractivity contribution in [2.45, 2.75) is 147 Å². The number of halogens is 2. The molecule has 61 nitrogen and oxygen atoms in total. The standard InChI is InChI=1S/C21H24FN9O11P2S3.C20H22FN9O11P2S3.C20H23N9O12P2S3/c1-36-11-7-3-38-43(34,45)41-10-6(39-18(8(10)22)30-5-27-9-14(23)25-4-26-15(9)30)2-37-44(35,46)42-12(11)19(40-7)31-16-13(47-21(31)33)17(32)29-20(24)28-16;21-7-10-6(39-17(7)29-4-26-8-13(22)24-3-25-14(8)29)2-37-43(35,45)41-11-9(31)5(1-36-42(34,44)40-10)38-18(11)30-15-12(46-20(30)33)16(32)28-19(23)27-15;21-13-7-14(24-3-23-13)28(4-25-7)17-9(31)10-6(39-17)2-37-43(35,45)41-11-8(30)5(1-36-42(34,44)40-10)38-18(11)29-15-12(46-20(29)33)16(32)27-19(22)26-15/h4-8,10-12,18-19H,2-3H2,1H3,(H,34,45)(H,35,46)(H2,23,25,26)(H3,24,28,29,32);3-7,9-11,17-18,31H,1-2H2,(H,34,44)(H,35,45)(H2,22,24,25)(H3,23,27,28,32);3-6,8-11,17-18,30-31H,1-2H2,(H,34,44)(H,35,45)(H2,21,23,24)(H3,22,26,27,32)/t6-,7-,8-,10-,11-,12-,18-,19-,43?,44?;5-,6-,7-,9-,10-,11-,17-,18-,42?,43?;5-,6-,8-,9-,10-,11-,17-,18-,42?,43?/m111/s1. The zero-order valence-corrected chi connectivity index (χ0v) is 81.7. The maximum atomic E-state index is 16.1. The van der Waals surface area contributed by atoms with Gasteiger partial charge in [-0.3, -0.25) is 103 Å². The number of hydrogen-bond acceptors (Lipinski definition) is 55. The number of anilines is 6. The van der Waals surface area contributed by atoms with Gasteiger partial charge in [0.05, 0.1) is 58.6 Å². The molecule has 0 saturated carbocycles. The molecule has 21 rings (SSSR count). The number of H-pyrrole nitrogens is 3. The first-order valence-corrected chi connectivity index (χ1v) is 57.6. The fourth-order valence-electron chi connectivity index (χ4n) is 16.2. The van der Waals surface area contributed by atoms with Crippen molar-refractivity contribution in [1.82, 2.24) is 102 Å². The Morgan fingerprint density at radius 2 is 0.691 bits per heavy atom. The van der Waals surface area contributed by atoms with Crippen molar-refractivity contribution in [2.75, 3.05) is 81.2 Å². The molecule has 6 bridgehead atoms. The molecule has 12 aromatic rings. The normalized spacial score (nSPS) is 36.9. The lowest BCUT2D eigenvalue weighted by Crippen LogP contribution is -2.38. The number of imidazole rings is 3. The number of rotatable bonds is 7. The number of thiol groups is 1. The SMILES string of the molecule is CO[C@H]1[C@H]2OP(=O)(S)OC[C@H]3O[C@@H](n4cnc5c(N)ncnc54)[C@H](F)[C@@H]3OP(O)(=S)OC[C@H]1O[C@H]2n1c(=O)sc2c(=O)[nH]c(N)nc21.Nc1nc2c(sc(=O)n2[C@@H]2O[C@@H]3COP(O)(=S)O[C@H]4[C@@H](F)[C@H](n5cnc6c(N)ncnc65)O[C@@H]4COP(O)(=S)O[C@@H]2[C@@H]3O)c(=O)[nH]1.Nc1nc2c(sc(=O)n2[C@@H]2O[C@@H]3COP(O)(=S)O[C@H]4[C@@H](O)[C@H](n5cnc6c(N)ncnc65)O[C@@H]4COP(O)(=S)O[C@@H]2[C@@H]3O)c(=O)[nH]1. The number of thiazole rings is 3. The molecule has 6 unspecified atom stereocenters. The van der Waals surface area contributed by atoms with Gasteiger partial charge in [-0.2, -0.15) is 15.0 Å². The second-order valence-corrected chi connectivity index (χ2v) is 50.4. The minimum absolute atomic E-state index is 0.0396. The molecule has 0 amide bonds. The second-order valence-electron chi connectivity index (χ2n) is 30.7. The average Bonchev–Trinajstić information content (AvgIpc) is 1.62. The summed E-state index contributed by atoms with van der Waals surface area (Å²) in [6, 6.07) is 0. The van der Waals surface area contributed by atoms with E-state index in [1.165, 1.54) is 46.1 Å². The fourth-order valence-corrected chi connectivity index (χ4v) is 27.3. The van der Waals surface area contributed by atoms with E-state index >= 15 is 8.78 Å². The van der Waals surface area contributed by atoms with Crippen LogP contribution in [0.15, 0.2) is 66.7 Å². The number of aromatic nitrogens is 21. The molecule has 750 valence electrons. The molecule has 9 saturated heterocycles. The predicted molar refractivity (Wildman–Crippen MR) is 492 cm³/mol. The number of aliphatic hydroxyl groups excluding tert-OH is 3. The molecular formula is C61H69F2N27O34P6S9. The molecule has 78 heteroatoms. The van der Waals surface area contributed by atoms with E-state index in [1.807, 2.05) is 0 Å². The molecular weight excluding hydrogens is 2170 g/mol. The third-order valence-corrected chi connectivity index (χ3v) is 34.4. The summed E-state index contributed by atoms with van der Waals surface area (Å²) in [5.74, 6) is -0.737. The molecule has 0 aliphatic carbocycles. The van der Waals surface area contributed by atoms with Gasteiger partial charge in [-0.15, -0.1) is 0 Å². The van der Waals surface area contributed by atoms with Crippen molar-refractivity contribution in [3.05, 3.63) is 98.0 Å². The predicted octanol–water partition coefficient (Wildman–Crippen LogP) is -2.82. The largest absolute Gasteiger partial charge is 0.387 e. The van der Waals surface area contributed by atoms with E-state index in [9.17, 15) is 73.1 Å². The van der Waals surface area contributed by atoms with Gasteiger partial charge in [0.15, 0.2) is 101 Å². The maximum absolute atomic E-state index is 16.1. The number of nitrogen functional groups attached to an aromatic ring is 6. The maximum Gasteiger partial charge on any atom is 0.386 e. The van der Waals surface area contributed by atoms with E-state index in [0.29, 0.717) is 34.0 Å². The molecule has 0 radical (unpaired) electrons. The fraction of sp³-hybridized carbons (Fsp3) is 0.508. The molecule has 9 aliphatic rings. The van der Waals surface area contributed by atoms with Crippen molar-refractivity contribution >= 4 is 246 Å². The smallest absolute Gasteiger partial charge is 0.386 e. The summed E-state index contributed by atoms with van der Waals surface area (Å²) in [6.45, 7) is -29.7. The number of nitrogens with two attached hydrogens (primary N) is 6. The summed E-state index contributed by atoms with van der Waals surface area (Å²) in [5, 5.41) is 33.6. The van der Waals surface area contributed by atoms with Crippen LogP contribution in [0.25, 0.3) is 64.5 Å². The zero-order valence-electron chi connectivity index (χ0n) is 68.9. The van der Waals surface area contributed by atoms with Gasteiger partial charge < -0.3 is 130 Å². The molecule has 30 atom stereocenters. The van der Waals surface area contributed by atoms with E-state index in [1.54, 1.807) is 0 Å². The molecule has 12 aromatic heterocycles. The Morgan fingerprint density at radius 1 is 0.396 bits per heavy atom. The molecule has 9 fully saturated rings. The average molecular weight is 2240 g/mol. The van der Waals surface area contributed by atoms with Crippen molar-refractivity contribution in [1.29, 1.82) is 0 Å². The quantitative estimate of drug-likeness (QED) is 0.0565. The van der Waals surface area contributed by atoms with Crippen molar-refractivity contribution in [3.8, 4) is 0 Å². The van der Waals surface area contributed by atoms with Crippen molar-refractivity contribution in [3.63, 3.8) is 0 Å². The molecule has 9 aliphatic heterocycles. The first kappa shape index (κ1) is 100. The lowest BCUT2D eigenvalue weighted by Gasteiger charge is -2.28. The number of aromatic amines is 3. The third kappa shape index (κ3) is 19.5. The Labute approximate surface area is 809 Å². The Morgan fingerprint density at radius 3 is 1.06 bits per heavy atom. The Bertz CT molecular complexity index is 7290. The number of ether oxygens (including phenoxy) is 7. The minimum Gasteiger partial charge on any atom is -0.387 e. The monoisotopic (exact) mass is 2240 g/mol. The van der Waals surface area contributed by atoms with Crippen LogP contribution in [-0.2, 0) is 151 Å².